The van der Waals surface area contributed by atoms with Crippen LogP contribution in [0, 0.1) is 5.92 Å². The molecule has 1 saturated carbocycles. The van der Waals surface area contributed by atoms with Crippen molar-refractivity contribution in [2.75, 3.05) is 18.5 Å². The number of hydroxylamine groups is 1. The van der Waals surface area contributed by atoms with E-state index in [1.165, 1.54) is 25.7 Å². The molecule has 136 valence electrons. The monoisotopic (exact) mass is 345 g/mol. The number of oxime groups is 1. The third-order valence-electron chi connectivity index (χ3n) is 4.79. The lowest BCUT2D eigenvalue weighted by molar-refractivity contribution is 0.0172. The highest BCUT2D eigenvalue weighted by Gasteiger charge is 2.19. The molecule has 1 unspecified atom stereocenters. The summed E-state index contributed by atoms with van der Waals surface area (Å²) in [7, 11) is 0. The second kappa shape index (κ2) is 8.85. The van der Waals surface area contributed by atoms with Gasteiger partial charge in [0.15, 0.2) is 0 Å². The molecule has 1 aromatic carbocycles. The van der Waals surface area contributed by atoms with Gasteiger partial charge in [0.2, 0.25) is 0 Å². The summed E-state index contributed by atoms with van der Waals surface area (Å²) in [5.74, 6) is 0.364. The van der Waals surface area contributed by atoms with Crippen LogP contribution in [0.15, 0.2) is 29.4 Å². The van der Waals surface area contributed by atoms with Gasteiger partial charge in [-0.05, 0) is 37.8 Å². The Balaban J connectivity index is 1.45. The Morgan fingerprint density at radius 2 is 2.12 bits per heavy atom. The van der Waals surface area contributed by atoms with Crippen molar-refractivity contribution < 1.29 is 14.5 Å². The molecule has 0 saturated heterocycles. The lowest BCUT2D eigenvalue weighted by Gasteiger charge is -2.14. The van der Waals surface area contributed by atoms with Crippen LogP contribution in [-0.4, -0.2) is 30.9 Å². The van der Waals surface area contributed by atoms with E-state index in [-0.39, 0.29) is 12.0 Å². The second-order valence-corrected chi connectivity index (χ2v) is 6.91. The van der Waals surface area contributed by atoms with Gasteiger partial charge in [-0.3, -0.25) is 9.63 Å². The molecule has 0 spiro atoms. The minimum absolute atomic E-state index is 0.128. The van der Waals surface area contributed by atoms with E-state index in [4.69, 9.17) is 9.68 Å². The Kier molecular flexibility index (Phi) is 6.28. The van der Waals surface area contributed by atoms with Gasteiger partial charge >= 0.3 is 0 Å². The largest absolute Gasteiger partial charge is 0.392 e. The Hall–Kier alpha value is -2.08. The van der Waals surface area contributed by atoms with Crippen molar-refractivity contribution in [3.8, 4) is 0 Å². The predicted octanol–water partition coefficient (Wildman–Crippen LogP) is 3.51. The number of rotatable bonds is 8. The van der Waals surface area contributed by atoms with Crippen LogP contribution in [0.3, 0.4) is 0 Å². The van der Waals surface area contributed by atoms with Gasteiger partial charge in [0.1, 0.15) is 6.10 Å². The standard InChI is InChI=1S/C19H27N3O3/c1-14-12-16(25-21-14)10-11-20-18-9-5-4-8-17(18)19(23)22-24-13-15-6-2-3-7-15/h4-5,8-9,15-16,20H,2-3,6-7,10-13H2,1H3,(H,22,23). The number of carbonyl (C=O) groups excluding carboxylic acids is 1. The molecule has 6 nitrogen and oxygen atoms in total. The second-order valence-electron chi connectivity index (χ2n) is 6.91. The number of anilines is 1. The average Bonchev–Trinajstić information content (AvgIpc) is 3.27. The topological polar surface area (TPSA) is 72.0 Å². The van der Waals surface area contributed by atoms with Gasteiger partial charge in [-0.15, -0.1) is 0 Å². The van der Waals surface area contributed by atoms with Crippen LogP contribution in [0.5, 0.6) is 0 Å². The molecular formula is C19H27N3O3. The van der Waals surface area contributed by atoms with Gasteiger partial charge in [-0.1, -0.05) is 30.1 Å². The van der Waals surface area contributed by atoms with Crippen LogP contribution in [-0.2, 0) is 9.68 Å². The van der Waals surface area contributed by atoms with E-state index >= 15 is 0 Å². The third-order valence-corrected chi connectivity index (χ3v) is 4.79. The molecular weight excluding hydrogens is 318 g/mol. The summed E-state index contributed by atoms with van der Waals surface area (Å²) in [5, 5.41) is 7.28. The number of para-hydroxylation sites is 1. The number of benzene rings is 1. The number of hydrogen-bond donors (Lipinski definition) is 2. The van der Waals surface area contributed by atoms with Crippen molar-refractivity contribution in [1.29, 1.82) is 0 Å². The maximum Gasteiger partial charge on any atom is 0.276 e. The molecule has 1 atom stereocenters. The van der Waals surface area contributed by atoms with Crippen LogP contribution in [0.2, 0.25) is 0 Å². The number of nitrogens with zero attached hydrogens (tertiary/aromatic N) is 1. The lowest BCUT2D eigenvalue weighted by atomic mass is 10.1. The summed E-state index contributed by atoms with van der Waals surface area (Å²) in [6.07, 6.45) is 6.77. The zero-order chi connectivity index (χ0) is 17.5. The Morgan fingerprint density at radius 1 is 1.32 bits per heavy atom. The summed E-state index contributed by atoms with van der Waals surface area (Å²) in [6.45, 7) is 3.29. The molecule has 6 heteroatoms. The fourth-order valence-electron chi connectivity index (χ4n) is 3.38. The summed E-state index contributed by atoms with van der Waals surface area (Å²) in [5.41, 5.74) is 5.01. The van der Waals surface area contributed by atoms with E-state index in [1.54, 1.807) is 6.07 Å². The van der Waals surface area contributed by atoms with E-state index in [0.29, 0.717) is 18.1 Å². The molecule has 0 aromatic heterocycles. The van der Waals surface area contributed by atoms with Crippen molar-refractivity contribution in [1.82, 2.24) is 5.48 Å². The molecule has 0 bridgehead atoms. The van der Waals surface area contributed by atoms with Crippen LogP contribution in [0.25, 0.3) is 0 Å². The summed E-state index contributed by atoms with van der Waals surface area (Å²) in [6, 6.07) is 7.48. The fraction of sp³-hybridized carbons (Fsp3) is 0.579. The van der Waals surface area contributed by atoms with Crippen LogP contribution in [0.1, 0.15) is 55.8 Å². The summed E-state index contributed by atoms with van der Waals surface area (Å²) >= 11 is 0. The number of nitrogens with one attached hydrogen (secondary N) is 2. The van der Waals surface area contributed by atoms with E-state index in [9.17, 15) is 4.79 Å². The van der Waals surface area contributed by atoms with Crippen LogP contribution in [0.4, 0.5) is 5.69 Å². The molecule has 1 fully saturated rings. The van der Waals surface area contributed by atoms with Crippen LogP contribution >= 0.6 is 0 Å². The van der Waals surface area contributed by atoms with Crippen molar-refractivity contribution in [2.45, 2.75) is 51.6 Å². The van der Waals surface area contributed by atoms with Gasteiger partial charge in [0.05, 0.1) is 17.9 Å². The SMILES string of the molecule is CC1=NOC(CCNc2ccccc2C(=O)NOCC2CCCC2)C1. The maximum atomic E-state index is 12.4. The molecule has 1 aliphatic heterocycles. The molecule has 1 amide bonds. The minimum Gasteiger partial charge on any atom is -0.392 e. The first-order valence-electron chi connectivity index (χ1n) is 9.16. The predicted molar refractivity (Wildman–Crippen MR) is 97.5 cm³/mol. The van der Waals surface area contributed by atoms with Gasteiger partial charge in [0.25, 0.3) is 5.91 Å². The van der Waals surface area contributed by atoms with E-state index < -0.39 is 0 Å². The van der Waals surface area contributed by atoms with E-state index in [2.05, 4.69) is 16.0 Å². The van der Waals surface area contributed by atoms with Gasteiger partial charge in [-0.2, -0.15) is 0 Å². The molecule has 1 aliphatic carbocycles. The third kappa shape index (κ3) is 5.19. The number of carbonyl (C=O) groups is 1. The molecule has 1 heterocycles. The fourth-order valence-corrected chi connectivity index (χ4v) is 3.38. The molecule has 3 rings (SSSR count). The molecule has 2 aliphatic rings. The van der Waals surface area contributed by atoms with E-state index in [1.807, 2.05) is 25.1 Å². The molecule has 25 heavy (non-hydrogen) atoms. The van der Waals surface area contributed by atoms with E-state index in [0.717, 1.165) is 30.8 Å². The first kappa shape index (κ1) is 17.7. The first-order valence-corrected chi connectivity index (χ1v) is 9.16. The Morgan fingerprint density at radius 3 is 2.88 bits per heavy atom. The summed E-state index contributed by atoms with van der Waals surface area (Å²) < 4.78 is 0. The summed E-state index contributed by atoms with van der Waals surface area (Å²) in [4.78, 5) is 23.1. The Labute approximate surface area is 148 Å². The quantitative estimate of drug-likeness (QED) is 0.707. The minimum atomic E-state index is -0.211. The van der Waals surface area contributed by atoms with Crippen molar-refractivity contribution in [2.24, 2.45) is 11.1 Å². The molecule has 1 aromatic rings. The van der Waals surface area contributed by atoms with Crippen LogP contribution < -0.4 is 10.8 Å². The van der Waals surface area contributed by atoms with Gasteiger partial charge in [0, 0.05) is 25.1 Å². The normalized spacial score (nSPS) is 20.2. The average molecular weight is 345 g/mol. The van der Waals surface area contributed by atoms with Crippen molar-refractivity contribution in [3.05, 3.63) is 29.8 Å². The van der Waals surface area contributed by atoms with Crippen molar-refractivity contribution >= 4 is 17.3 Å². The van der Waals surface area contributed by atoms with Gasteiger partial charge in [-0.25, -0.2) is 5.48 Å². The molecule has 0 radical (unpaired) electrons. The molecule has 2 N–H and O–H groups in total. The van der Waals surface area contributed by atoms with Crippen molar-refractivity contribution in [3.63, 3.8) is 0 Å². The Bertz CT molecular complexity index is 612. The lowest BCUT2D eigenvalue weighted by Crippen LogP contribution is -2.27. The first-order chi connectivity index (χ1) is 12.2. The highest BCUT2D eigenvalue weighted by Crippen LogP contribution is 2.24. The zero-order valence-corrected chi connectivity index (χ0v) is 14.8. The maximum absolute atomic E-state index is 12.4. The smallest absolute Gasteiger partial charge is 0.276 e. The zero-order valence-electron chi connectivity index (χ0n) is 14.8. The van der Waals surface area contributed by atoms with Gasteiger partial charge < -0.3 is 10.2 Å². The number of hydrogen-bond acceptors (Lipinski definition) is 5. The highest BCUT2D eigenvalue weighted by molar-refractivity contribution is 5.99. The number of amides is 1. The highest BCUT2D eigenvalue weighted by atomic mass is 16.7.